The highest BCUT2D eigenvalue weighted by atomic mass is 33.1. The third kappa shape index (κ3) is 12.2. The summed E-state index contributed by atoms with van der Waals surface area (Å²) >= 11 is 0. The number of carbonyl (C=O) groups excluding carboxylic acids is 4. The first-order chi connectivity index (χ1) is 23.7. The first-order valence-corrected chi connectivity index (χ1v) is 19.1. The lowest BCUT2D eigenvalue weighted by Crippen LogP contribution is -2.49. The number of amides is 4. The molecule has 0 radical (unpaired) electrons. The molecule has 2 aromatic heterocycles. The molecule has 4 aromatic rings. The van der Waals surface area contributed by atoms with E-state index < -0.39 is 35.5 Å². The van der Waals surface area contributed by atoms with E-state index in [0.29, 0.717) is 37.4 Å². The Bertz CT molecular complexity index is 1630. The van der Waals surface area contributed by atoms with Crippen LogP contribution in [0.15, 0.2) is 60.9 Å². The molecular formula is C36H48N6O6S2. The van der Waals surface area contributed by atoms with Crippen molar-refractivity contribution < 1.29 is 28.7 Å². The second-order valence-electron chi connectivity index (χ2n) is 13.8. The molecule has 2 heterocycles. The van der Waals surface area contributed by atoms with Crippen LogP contribution in [0.4, 0.5) is 9.59 Å². The number of hydrogen-bond donors (Lipinski definition) is 6. The van der Waals surface area contributed by atoms with Gasteiger partial charge in [0.05, 0.1) is 0 Å². The normalized spacial score (nSPS) is 13.0. The Morgan fingerprint density at radius 3 is 1.40 bits per heavy atom. The van der Waals surface area contributed by atoms with Crippen molar-refractivity contribution in [1.29, 1.82) is 0 Å². The summed E-state index contributed by atoms with van der Waals surface area (Å²) in [4.78, 5) is 58.0. The van der Waals surface area contributed by atoms with Crippen molar-refractivity contribution in [1.82, 2.24) is 31.2 Å². The first kappa shape index (κ1) is 38.5. The van der Waals surface area contributed by atoms with E-state index in [0.717, 1.165) is 32.9 Å². The maximum atomic E-state index is 13.2. The van der Waals surface area contributed by atoms with Gasteiger partial charge in [0.1, 0.15) is 23.3 Å². The number of nitrogens with one attached hydrogen (secondary N) is 6. The van der Waals surface area contributed by atoms with Gasteiger partial charge in [-0.05, 0) is 64.8 Å². The molecule has 0 unspecified atom stereocenters. The summed E-state index contributed by atoms with van der Waals surface area (Å²) in [6.45, 7) is 11.4. The van der Waals surface area contributed by atoms with Gasteiger partial charge in [-0.1, -0.05) is 58.0 Å². The van der Waals surface area contributed by atoms with E-state index in [4.69, 9.17) is 9.47 Å². The smallest absolute Gasteiger partial charge is 0.408 e. The van der Waals surface area contributed by atoms with Gasteiger partial charge >= 0.3 is 12.2 Å². The maximum absolute atomic E-state index is 13.2. The zero-order valence-corrected chi connectivity index (χ0v) is 31.1. The lowest BCUT2D eigenvalue weighted by atomic mass is 10.0. The summed E-state index contributed by atoms with van der Waals surface area (Å²) in [6, 6.07) is 13.9. The third-order valence-corrected chi connectivity index (χ3v) is 9.67. The number of para-hydroxylation sites is 2. The summed E-state index contributed by atoms with van der Waals surface area (Å²) < 4.78 is 10.8. The van der Waals surface area contributed by atoms with Crippen molar-refractivity contribution in [2.24, 2.45) is 0 Å². The van der Waals surface area contributed by atoms with Gasteiger partial charge in [-0.2, -0.15) is 0 Å². The lowest BCUT2D eigenvalue weighted by molar-refractivity contribution is -0.123. The van der Waals surface area contributed by atoms with E-state index in [2.05, 4.69) is 31.2 Å². The minimum Gasteiger partial charge on any atom is -0.444 e. The third-order valence-electron chi connectivity index (χ3n) is 7.27. The molecule has 0 bridgehead atoms. The predicted octanol–water partition coefficient (Wildman–Crippen LogP) is 5.83. The Balaban J connectivity index is 1.23. The van der Waals surface area contributed by atoms with Crippen LogP contribution in [0.1, 0.15) is 52.7 Å². The Morgan fingerprint density at radius 2 is 1.02 bits per heavy atom. The number of H-pyrrole nitrogens is 2. The highest BCUT2D eigenvalue weighted by molar-refractivity contribution is 8.76. The van der Waals surface area contributed by atoms with Crippen LogP contribution in [0.25, 0.3) is 21.8 Å². The second kappa shape index (κ2) is 17.6. The van der Waals surface area contributed by atoms with Crippen molar-refractivity contribution >= 4 is 67.4 Å². The highest BCUT2D eigenvalue weighted by Gasteiger charge is 2.27. The standard InChI is InChI=1S/C36H48N6O6S2/c1-35(2,3)47-33(45)41-29(19-23-21-39-27-13-9-7-11-25(23)27)31(43)37-15-17-49-50-18-16-38-32(44)30(42-34(46)48-36(4,5)6)20-24-22-40-28-14-10-8-12-26(24)28/h7-14,21-22,29-30,39-40H,15-20H2,1-6H3,(H,37,43)(H,38,44)(H,41,45)(H,42,46)/t29-,30-/m0/s1. The van der Waals surface area contributed by atoms with E-state index >= 15 is 0 Å². The minimum atomic E-state index is -0.830. The zero-order valence-electron chi connectivity index (χ0n) is 29.4. The molecule has 0 aliphatic carbocycles. The van der Waals surface area contributed by atoms with Gasteiger partial charge in [-0.3, -0.25) is 9.59 Å². The molecule has 12 nitrogen and oxygen atoms in total. The van der Waals surface area contributed by atoms with Crippen LogP contribution in [-0.4, -0.2) is 81.8 Å². The molecule has 270 valence electrons. The highest BCUT2D eigenvalue weighted by Crippen LogP contribution is 2.22. The number of carbonyl (C=O) groups is 4. The number of fused-ring (bicyclic) bond motifs is 2. The van der Waals surface area contributed by atoms with Crippen LogP contribution in [0.5, 0.6) is 0 Å². The van der Waals surface area contributed by atoms with Crippen LogP contribution in [0, 0.1) is 0 Å². The van der Waals surface area contributed by atoms with Gasteiger partial charge in [-0.25, -0.2) is 9.59 Å². The van der Waals surface area contributed by atoms with Crippen LogP contribution in [0.3, 0.4) is 0 Å². The molecule has 0 aliphatic rings. The van der Waals surface area contributed by atoms with E-state index in [1.54, 1.807) is 63.1 Å². The minimum absolute atomic E-state index is 0.292. The predicted molar refractivity (Wildman–Crippen MR) is 201 cm³/mol. The Labute approximate surface area is 300 Å². The Morgan fingerprint density at radius 1 is 0.640 bits per heavy atom. The number of aromatic amines is 2. The van der Waals surface area contributed by atoms with Crippen molar-refractivity contribution in [3.05, 3.63) is 72.1 Å². The fraction of sp³-hybridized carbons (Fsp3) is 0.444. The molecule has 0 saturated heterocycles. The van der Waals surface area contributed by atoms with E-state index in [1.165, 1.54) is 0 Å². The molecule has 4 rings (SSSR count). The van der Waals surface area contributed by atoms with Crippen LogP contribution in [0.2, 0.25) is 0 Å². The molecule has 4 amide bonds. The number of aromatic nitrogens is 2. The van der Waals surface area contributed by atoms with Gasteiger partial charge in [-0.15, -0.1) is 0 Å². The van der Waals surface area contributed by atoms with Crippen molar-refractivity contribution in [2.75, 3.05) is 24.6 Å². The number of alkyl carbamates (subject to hydrolysis) is 2. The molecular weight excluding hydrogens is 677 g/mol. The van der Waals surface area contributed by atoms with Crippen LogP contribution >= 0.6 is 21.6 Å². The quantitative estimate of drug-likeness (QED) is 0.0658. The molecule has 2 aromatic carbocycles. The molecule has 0 aliphatic heterocycles. The number of benzene rings is 2. The summed E-state index contributed by atoms with van der Waals surface area (Å²) in [7, 11) is 3.12. The van der Waals surface area contributed by atoms with E-state index in [1.807, 2.05) is 60.9 Å². The molecule has 6 N–H and O–H groups in total. The lowest BCUT2D eigenvalue weighted by Gasteiger charge is -2.23. The van der Waals surface area contributed by atoms with Crippen LogP contribution in [-0.2, 0) is 31.9 Å². The Kier molecular flexibility index (Phi) is 13.5. The topological polar surface area (TPSA) is 166 Å². The maximum Gasteiger partial charge on any atom is 0.408 e. The molecule has 0 spiro atoms. The molecule has 0 saturated carbocycles. The molecule has 50 heavy (non-hydrogen) atoms. The summed E-state index contributed by atoms with van der Waals surface area (Å²) in [6.07, 6.45) is 2.97. The first-order valence-electron chi connectivity index (χ1n) is 16.6. The molecule has 0 fully saturated rings. The van der Waals surface area contributed by atoms with Crippen molar-refractivity contribution in [3.8, 4) is 0 Å². The summed E-state index contributed by atoms with van der Waals surface area (Å²) in [5, 5.41) is 13.3. The molecule has 2 atom stereocenters. The SMILES string of the molecule is CC(C)(C)OC(=O)N[C@@H](Cc1c[nH]c2ccccc12)C(=O)NCCSSCCNC(=O)[C@H](Cc1c[nH]c2ccccc12)NC(=O)OC(C)(C)C. The van der Waals surface area contributed by atoms with Crippen LogP contribution < -0.4 is 21.3 Å². The van der Waals surface area contributed by atoms with Crippen molar-refractivity contribution in [2.45, 2.75) is 77.7 Å². The Hall–Kier alpha value is -4.30. The van der Waals surface area contributed by atoms with Gasteiger partial charge in [0.2, 0.25) is 11.8 Å². The fourth-order valence-corrected chi connectivity index (χ4v) is 6.97. The largest absolute Gasteiger partial charge is 0.444 e. The molecule has 14 heteroatoms. The monoisotopic (exact) mass is 724 g/mol. The van der Waals surface area contributed by atoms with Gasteiger partial charge in [0.25, 0.3) is 0 Å². The van der Waals surface area contributed by atoms with E-state index in [9.17, 15) is 19.2 Å². The van der Waals surface area contributed by atoms with Crippen molar-refractivity contribution in [3.63, 3.8) is 0 Å². The number of ether oxygens (including phenoxy) is 2. The summed E-state index contributed by atoms with van der Waals surface area (Å²) in [5.41, 5.74) is 2.32. The van der Waals surface area contributed by atoms with Gasteiger partial charge in [0, 0.05) is 71.6 Å². The van der Waals surface area contributed by atoms with E-state index in [-0.39, 0.29) is 11.8 Å². The zero-order chi connectivity index (χ0) is 36.3. The average Bonchev–Trinajstić information content (AvgIpc) is 3.63. The number of hydrogen-bond acceptors (Lipinski definition) is 8. The fourth-order valence-electron chi connectivity index (χ4n) is 5.16. The number of rotatable bonds is 15. The summed E-state index contributed by atoms with van der Waals surface area (Å²) in [5.74, 6) is 0.607. The average molecular weight is 725 g/mol. The van der Waals surface area contributed by atoms with Gasteiger partial charge in [0.15, 0.2) is 0 Å². The van der Waals surface area contributed by atoms with Gasteiger partial charge < -0.3 is 40.7 Å². The second-order valence-corrected chi connectivity index (χ2v) is 16.5.